The molecule has 0 amide bonds. The zero-order valence-electron chi connectivity index (χ0n) is 14.0. The second-order valence-electron chi connectivity index (χ2n) is 6.42. The van der Waals surface area contributed by atoms with Gasteiger partial charge in [-0.2, -0.15) is 0 Å². The van der Waals surface area contributed by atoms with Gasteiger partial charge in [0.15, 0.2) is 18.2 Å². The zero-order valence-corrected chi connectivity index (χ0v) is 14.0. The molecule has 0 aliphatic carbocycles. The average molecular weight is 353 g/mol. The number of carbonyl (C=O) groups is 1. The fourth-order valence-electron chi connectivity index (χ4n) is 3.06. The van der Waals surface area contributed by atoms with Crippen molar-refractivity contribution in [2.45, 2.75) is 57.1 Å². The Kier molecular flexibility index (Phi) is 4.28. The van der Waals surface area contributed by atoms with Gasteiger partial charge < -0.3 is 24.1 Å². The smallest absolute Gasteiger partial charge is 0.349 e. The number of fused-ring (bicyclic) bond motifs is 1. The van der Waals surface area contributed by atoms with Crippen molar-refractivity contribution in [3.63, 3.8) is 0 Å². The van der Waals surface area contributed by atoms with E-state index in [2.05, 4.69) is 0 Å². The van der Waals surface area contributed by atoms with E-state index in [4.69, 9.17) is 18.9 Å². The van der Waals surface area contributed by atoms with Crippen LogP contribution in [0.1, 0.15) is 27.2 Å². The normalized spacial score (nSPS) is 33.0. The third-order valence-corrected chi connectivity index (χ3v) is 4.24. The lowest BCUT2D eigenvalue weighted by atomic mass is 9.91. The van der Waals surface area contributed by atoms with E-state index in [1.807, 2.05) is 0 Å². The highest BCUT2D eigenvalue weighted by Crippen LogP contribution is 2.44. The number of non-ortho nitro benzene ring substituents is 1. The minimum absolute atomic E-state index is 0.0699. The first-order valence-electron chi connectivity index (χ1n) is 7.87. The molecule has 3 rings (SSSR count). The first-order chi connectivity index (χ1) is 11.7. The van der Waals surface area contributed by atoms with Crippen molar-refractivity contribution in [3.05, 3.63) is 34.4 Å². The van der Waals surface area contributed by atoms with Crippen LogP contribution in [0.3, 0.4) is 0 Å². The molecule has 2 fully saturated rings. The molecular formula is C16H19NO8. The SMILES string of the molecule is CC[C@H]1O[C@@H]2OC(C)(C)O[C@@H]2[C@]1(O)C(=O)Oc1ccc([N+](=O)[O-])cc1. The van der Waals surface area contributed by atoms with E-state index in [9.17, 15) is 20.0 Å². The molecule has 0 aromatic heterocycles. The Labute approximate surface area is 143 Å². The van der Waals surface area contributed by atoms with Gasteiger partial charge in [0.1, 0.15) is 11.9 Å². The van der Waals surface area contributed by atoms with E-state index in [0.717, 1.165) is 0 Å². The summed E-state index contributed by atoms with van der Waals surface area (Å²) >= 11 is 0. The molecule has 2 aliphatic heterocycles. The minimum Gasteiger partial charge on any atom is -0.424 e. The number of aliphatic hydroxyl groups is 1. The molecule has 136 valence electrons. The third kappa shape index (κ3) is 2.99. The zero-order chi connectivity index (χ0) is 18.4. The van der Waals surface area contributed by atoms with Crippen LogP contribution >= 0.6 is 0 Å². The van der Waals surface area contributed by atoms with Gasteiger partial charge >= 0.3 is 5.97 Å². The van der Waals surface area contributed by atoms with E-state index < -0.39 is 40.8 Å². The summed E-state index contributed by atoms with van der Waals surface area (Å²) in [5, 5.41) is 21.7. The standard InChI is InChI=1S/C16H19NO8/c1-4-11-16(19,12-13(23-11)25-15(2,3)24-12)14(18)22-10-7-5-9(6-8-10)17(20)21/h5-8,11-13,19H,4H2,1-3H3/t11-,12+,13-,16+/m1/s1. The molecule has 0 spiro atoms. The summed E-state index contributed by atoms with van der Waals surface area (Å²) in [6, 6.07) is 4.97. The summed E-state index contributed by atoms with van der Waals surface area (Å²) in [7, 11) is 0. The quantitative estimate of drug-likeness (QED) is 0.375. The van der Waals surface area contributed by atoms with Gasteiger partial charge in [-0.1, -0.05) is 6.92 Å². The summed E-state index contributed by atoms with van der Waals surface area (Å²) in [6.07, 6.45) is -2.43. The van der Waals surface area contributed by atoms with Gasteiger partial charge in [0.05, 0.1) is 4.92 Å². The Morgan fingerprint density at radius 1 is 1.32 bits per heavy atom. The molecule has 2 saturated heterocycles. The topological polar surface area (TPSA) is 117 Å². The summed E-state index contributed by atoms with van der Waals surface area (Å²) in [5.41, 5.74) is -2.18. The minimum atomic E-state index is -2.05. The molecule has 25 heavy (non-hydrogen) atoms. The van der Waals surface area contributed by atoms with Crippen LogP contribution in [0.5, 0.6) is 5.75 Å². The molecule has 9 nitrogen and oxygen atoms in total. The summed E-state index contributed by atoms with van der Waals surface area (Å²) < 4.78 is 22.0. The van der Waals surface area contributed by atoms with E-state index in [1.165, 1.54) is 24.3 Å². The van der Waals surface area contributed by atoms with Gasteiger partial charge in [0.25, 0.3) is 5.69 Å². The van der Waals surface area contributed by atoms with Gasteiger partial charge in [-0.3, -0.25) is 10.1 Å². The first kappa shape index (κ1) is 17.7. The van der Waals surface area contributed by atoms with Crippen molar-refractivity contribution in [2.24, 2.45) is 0 Å². The molecule has 2 heterocycles. The maximum Gasteiger partial charge on any atom is 0.349 e. The Morgan fingerprint density at radius 2 is 1.96 bits per heavy atom. The second-order valence-corrected chi connectivity index (χ2v) is 6.42. The Bertz CT molecular complexity index is 688. The number of nitro benzene ring substituents is 1. The number of benzene rings is 1. The number of ether oxygens (including phenoxy) is 4. The van der Waals surface area contributed by atoms with Gasteiger partial charge in [-0.15, -0.1) is 0 Å². The van der Waals surface area contributed by atoms with Crippen LogP contribution in [-0.4, -0.2) is 45.9 Å². The molecule has 1 aromatic rings. The van der Waals surface area contributed by atoms with Crippen molar-refractivity contribution in [1.29, 1.82) is 0 Å². The van der Waals surface area contributed by atoms with E-state index in [1.54, 1.807) is 20.8 Å². The van der Waals surface area contributed by atoms with Crippen LogP contribution in [0.15, 0.2) is 24.3 Å². The number of esters is 1. The van der Waals surface area contributed by atoms with Crippen LogP contribution in [0.4, 0.5) is 5.69 Å². The number of nitrogens with zero attached hydrogens (tertiary/aromatic N) is 1. The van der Waals surface area contributed by atoms with Crippen LogP contribution in [0.2, 0.25) is 0 Å². The molecule has 4 atom stereocenters. The molecule has 1 N–H and O–H groups in total. The van der Waals surface area contributed by atoms with Gasteiger partial charge in [-0.05, 0) is 32.4 Å². The second kappa shape index (κ2) is 6.03. The summed E-state index contributed by atoms with van der Waals surface area (Å²) in [6.45, 7) is 5.05. The lowest BCUT2D eigenvalue weighted by molar-refractivity contribution is -0.384. The van der Waals surface area contributed by atoms with Crippen molar-refractivity contribution < 1.29 is 33.8 Å². The van der Waals surface area contributed by atoms with Crippen LogP contribution in [0.25, 0.3) is 0 Å². The third-order valence-electron chi connectivity index (χ3n) is 4.24. The number of rotatable bonds is 4. The van der Waals surface area contributed by atoms with E-state index in [-0.39, 0.29) is 11.4 Å². The van der Waals surface area contributed by atoms with Crippen molar-refractivity contribution in [1.82, 2.24) is 0 Å². The predicted octanol–water partition coefficient (Wildman–Crippen LogP) is 1.52. The highest BCUT2D eigenvalue weighted by Gasteiger charge is 2.67. The molecule has 0 bridgehead atoms. The number of nitro groups is 1. The molecule has 1 aromatic carbocycles. The maximum atomic E-state index is 12.7. The fraction of sp³-hybridized carbons (Fsp3) is 0.562. The number of hydrogen-bond donors (Lipinski definition) is 1. The molecule has 0 saturated carbocycles. The fourth-order valence-corrected chi connectivity index (χ4v) is 3.06. The van der Waals surface area contributed by atoms with Crippen molar-refractivity contribution in [2.75, 3.05) is 0 Å². The van der Waals surface area contributed by atoms with Crippen LogP contribution in [-0.2, 0) is 19.0 Å². The average Bonchev–Trinajstić information content (AvgIpc) is 2.99. The van der Waals surface area contributed by atoms with Crippen LogP contribution < -0.4 is 4.74 Å². The van der Waals surface area contributed by atoms with E-state index in [0.29, 0.717) is 6.42 Å². The lowest BCUT2D eigenvalue weighted by Crippen LogP contribution is -2.57. The van der Waals surface area contributed by atoms with Crippen molar-refractivity contribution in [3.8, 4) is 5.75 Å². The van der Waals surface area contributed by atoms with E-state index >= 15 is 0 Å². The van der Waals surface area contributed by atoms with Gasteiger partial charge in [0.2, 0.25) is 5.60 Å². The molecule has 9 heteroatoms. The molecule has 0 radical (unpaired) electrons. The summed E-state index contributed by atoms with van der Waals surface area (Å²) in [4.78, 5) is 22.8. The van der Waals surface area contributed by atoms with Crippen LogP contribution in [0, 0.1) is 10.1 Å². The summed E-state index contributed by atoms with van der Waals surface area (Å²) in [5.74, 6) is -1.89. The number of carbonyl (C=O) groups excluding carboxylic acids is 1. The Balaban J connectivity index is 1.82. The Morgan fingerprint density at radius 3 is 2.52 bits per heavy atom. The predicted molar refractivity (Wildman–Crippen MR) is 82.7 cm³/mol. The maximum absolute atomic E-state index is 12.7. The van der Waals surface area contributed by atoms with Crippen molar-refractivity contribution >= 4 is 11.7 Å². The van der Waals surface area contributed by atoms with Gasteiger partial charge in [-0.25, -0.2) is 4.79 Å². The lowest BCUT2D eigenvalue weighted by Gasteiger charge is -2.30. The number of hydrogen-bond acceptors (Lipinski definition) is 8. The molecule has 2 aliphatic rings. The van der Waals surface area contributed by atoms with Gasteiger partial charge in [0, 0.05) is 12.1 Å². The Hall–Kier alpha value is -2.07. The monoisotopic (exact) mass is 353 g/mol. The molecule has 0 unspecified atom stereocenters. The highest BCUT2D eigenvalue weighted by molar-refractivity contribution is 5.84. The highest BCUT2D eigenvalue weighted by atomic mass is 16.8. The largest absolute Gasteiger partial charge is 0.424 e. The molecular weight excluding hydrogens is 334 g/mol. The first-order valence-corrected chi connectivity index (χ1v) is 7.87.